The van der Waals surface area contributed by atoms with Gasteiger partial charge in [0.2, 0.25) is 0 Å². The lowest BCUT2D eigenvalue weighted by Crippen LogP contribution is -1.96. The lowest BCUT2D eigenvalue weighted by atomic mass is 10.0. The van der Waals surface area contributed by atoms with E-state index in [4.69, 9.17) is 0 Å². The van der Waals surface area contributed by atoms with Crippen molar-refractivity contribution in [1.82, 2.24) is 4.98 Å². The van der Waals surface area contributed by atoms with Crippen LogP contribution in [0, 0.1) is 27.9 Å². The number of hydrogen-bond acceptors (Lipinski definition) is 4. The maximum absolute atomic E-state index is 10.7. The summed E-state index contributed by atoms with van der Waals surface area (Å²) in [6.45, 7) is 2.12. The summed E-state index contributed by atoms with van der Waals surface area (Å²) >= 11 is 1.75. The minimum Gasteiger partial charge on any atom is -0.258 e. The van der Waals surface area contributed by atoms with Crippen molar-refractivity contribution in [2.24, 2.45) is 5.92 Å². The van der Waals surface area contributed by atoms with Gasteiger partial charge in [0.05, 0.1) is 21.7 Å². The average molecular weight is 316 g/mol. The number of rotatable bonds is 8. The minimum absolute atomic E-state index is 0.0745. The van der Waals surface area contributed by atoms with Crippen LogP contribution in [0.15, 0.2) is 29.3 Å². The van der Waals surface area contributed by atoms with Crippen LogP contribution in [0.5, 0.6) is 0 Å². The largest absolute Gasteiger partial charge is 0.277 e. The third kappa shape index (κ3) is 5.12. The molecule has 0 bridgehead atoms. The maximum atomic E-state index is 10.7. The highest BCUT2D eigenvalue weighted by atomic mass is 32.1. The first-order valence-electron chi connectivity index (χ1n) is 7.66. The smallest absolute Gasteiger partial charge is 0.258 e. The van der Waals surface area contributed by atoms with Gasteiger partial charge in [-0.2, -0.15) is 0 Å². The fourth-order valence-electron chi connectivity index (χ4n) is 2.26. The van der Waals surface area contributed by atoms with E-state index in [0.29, 0.717) is 0 Å². The maximum Gasteiger partial charge on any atom is 0.277 e. The highest BCUT2D eigenvalue weighted by Gasteiger charge is 2.09. The molecule has 5 heteroatoms. The van der Waals surface area contributed by atoms with Crippen LogP contribution in [0.25, 0.3) is 0 Å². The van der Waals surface area contributed by atoms with Gasteiger partial charge in [-0.15, -0.1) is 11.3 Å². The number of aromatic nitrogens is 1. The fourth-order valence-corrected chi connectivity index (χ4v) is 3.18. The van der Waals surface area contributed by atoms with Gasteiger partial charge in [0, 0.05) is 17.4 Å². The Morgan fingerprint density at radius 3 is 3.00 bits per heavy atom. The molecule has 1 atom stereocenters. The molecule has 2 rings (SSSR count). The van der Waals surface area contributed by atoms with Crippen molar-refractivity contribution < 1.29 is 4.92 Å². The van der Waals surface area contributed by atoms with E-state index in [2.05, 4.69) is 29.1 Å². The Bertz CT molecular complexity index is 635. The molecule has 4 nitrogen and oxygen atoms in total. The lowest BCUT2D eigenvalue weighted by Gasteiger charge is -2.04. The van der Waals surface area contributed by atoms with E-state index >= 15 is 0 Å². The number of nitrogens with zero attached hydrogens (tertiary/aromatic N) is 2. The van der Waals surface area contributed by atoms with Gasteiger partial charge in [0.15, 0.2) is 0 Å². The standard InChI is InChI=1S/C17H20N2O2S/c1-2-15-13-22-17(18-15)10-5-3-4-7-14-8-6-9-16(12-11-14)19(20)21/h9,11-14H,2-5,7,10H2,1H3. The number of aryl methyl sites for hydroxylation is 2. The zero-order chi connectivity index (χ0) is 15.8. The molecule has 0 aromatic carbocycles. The predicted octanol–water partition coefficient (Wildman–Crippen LogP) is 4.16. The summed E-state index contributed by atoms with van der Waals surface area (Å²) in [6, 6.07) is 0. The van der Waals surface area contributed by atoms with Crippen LogP contribution in [-0.4, -0.2) is 9.91 Å². The molecule has 1 aliphatic carbocycles. The second-order valence-electron chi connectivity index (χ2n) is 5.27. The molecule has 0 radical (unpaired) electrons. The number of thiazole rings is 1. The molecule has 22 heavy (non-hydrogen) atoms. The zero-order valence-electron chi connectivity index (χ0n) is 12.7. The van der Waals surface area contributed by atoms with Gasteiger partial charge in [-0.05, 0) is 25.7 Å². The summed E-state index contributed by atoms with van der Waals surface area (Å²) in [7, 11) is 0. The molecular formula is C17H20N2O2S. The minimum atomic E-state index is -0.397. The molecule has 1 aromatic heterocycles. The highest BCUT2D eigenvalue weighted by molar-refractivity contribution is 7.09. The van der Waals surface area contributed by atoms with Gasteiger partial charge in [0.25, 0.3) is 5.70 Å². The summed E-state index contributed by atoms with van der Waals surface area (Å²) in [5, 5.41) is 14.1. The quantitative estimate of drug-likeness (QED) is 0.313. The summed E-state index contributed by atoms with van der Waals surface area (Å²) < 4.78 is 0. The number of unbranched alkanes of at least 4 members (excludes halogenated alkanes) is 2. The Balaban J connectivity index is 1.66. The summed E-state index contributed by atoms with van der Waals surface area (Å²) in [5.41, 5.74) is 1.26. The molecule has 1 aliphatic rings. The molecule has 0 saturated carbocycles. The Kier molecular flexibility index (Phi) is 6.35. The second-order valence-corrected chi connectivity index (χ2v) is 6.21. The van der Waals surface area contributed by atoms with E-state index < -0.39 is 4.92 Å². The molecular weight excluding hydrogens is 296 g/mol. The summed E-state index contributed by atoms with van der Waals surface area (Å²) in [5.74, 6) is 5.96. The topological polar surface area (TPSA) is 56.0 Å². The van der Waals surface area contributed by atoms with Crippen LogP contribution in [0.4, 0.5) is 0 Å². The monoisotopic (exact) mass is 316 g/mol. The lowest BCUT2D eigenvalue weighted by molar-refractivity contribution is -0.418. The molecule has 0 spiro atoms. The molecule has 1 unspecified atom stereocenters. The first kappa shape index (κ1) is 16.4. The third-order valence-electron chi connectivity index (χ3n) is 3.57. The van der Waals surface area contributed by atoms with E-state index in [-0.39, 0.29) is 11.6 Å². The van der Waals surface area contributed by atoms with Crippen molar-refractivity contribution in [3.05, 3.63) is 50.1 Å². The summed E-state index contributed by atoms with van der Waals surface area (Å²) in [6.07, 6.45) is 11.2. The van der Waals surface area contributed by atoms with Gasteiger partial charge in [-0.25, -0.2) is 4.98 Å². The van der Waals surface area contributed by atoms with Gasteiger partial charge < -0.3 is 0 Å². The van der Waals surface area contributed by atoms with E-state index in [0.717, 1.165) is 38.5 Å². The molecule has 1 heterocycles. The van der Waals surface area contributed by atoms with Crippen LogP contribution in [-0.2, 0) is 12.8 Å². The number of allylic oxidation sites excluding steroid dienone is 3. The van der Waals surface area contributed by atoms with Gasteiger partial charge in [-0.1, -0.05) is 37.7 Å². The van der Waals surface area contributed by atoms with Crippen LogP contribution in [0.3, 0.4) is 0 Å². The van der Waals surface area contributed by atoms with Crippen molar-refractivity contribution in [1.29, 1.82) is 0 Å². The van der Waals surface area contributed by atoms with E-state index in [9.17, 15) is 10.1 Å². The Labute approximate surface area is 135 Å². The van der Waals surface area contributed by atoms with Crippen molar-refractivity contribution in [3.8, 4) is 11.8 Å². The fraction of sp³-hybridized carbons (Fsp3) is 0.471. The van der Waals surface area contributed by atoms with Crippen LogP contribution < -0.4 is 0 Å². The van der Waals surface area contributed by atoms with Gasteiger partial charge >= 0.3 is 0 Å². The highest BCUT2D eigenvalue weighted by Crippen LogP contribution is 2.17. The number of nitro groups is 1. The summed E-state index contributed by atoms with van der Waals surface area (Å²) in [4.78, 5) is 14.9. The predicted molar refractivity (Wildman–Crippen MR) is 89.1 cm³/mol. The van der Waals surface area contributed by atoms with Crippen LogP contribution in [0.2, 0.25) is 0 Å². The normalized spacial score (nSPS) is 16.6. The number of hydrogen-bond donors (Lipinski definition) is 0. The second kappa shape index (κ2) is 8.50. The van der Waals surface area contributed by atoms with E-state index in [1.165, 1.54) is 16.8 Å². The van der Waals surface area contributed by atoms with Crippen molar-refractivity contribution in [3.63, 3.8) is 0 Å². The molecule has 116 valence electrons. The first-order valence-corrected chi connectivity index (χ1v) is 8.54. The zero-order valence-corrected chi connectivity index (χ0v) is 13.6. The van der Waals surface area contributed by atoms with E-state index in [1.807, 2.05) is 6.08 Å². The van der Waals surface area contributed by atoms with Gasteiger partial charge in [0.1, 0.15) is 0 Å². The SMILES string of the molecule is CCc1csc(CCCCCC2C#CC=C([N+](=O)[O-])C=C2)n1. The Morgan fingerprint density at radius 1 is 1.41 bits per heavy atom. The molecule has 0 amide bonds. The molecule has 0 N–H and O–H groups in total. The van der Waals surface area contributed by atoms with Crippen LogP contribution >= 0.6 is 11.3 Å². The van der Waals surface area contributed by atoms with Crippen LogP contribution in [0.1, 0.15) is 43.3 Å². The Morgan fingerprint density at radius 2 is 2.27 bits per heavy atom. The average Bonchev–Trinajstić information content (AvgIpc) is 2.83. The third-order valence-corrected chi connectivity index (χ3v) is 4.52. The van der Waals surface area contributed by atoms with E-state index in [1.54, 1.807) is 17.4 Å². The van der Waals surface area contributed by atoms with Crippen molar-refractivity contribution in [2.75, 3.05) is 0 Å². The molecule has 0 saturated heterocycles. The molecule has 1 aromatic rings. The molecule has 0 fully saturated rings. The first-order chi connectivity index (χ1) is 10.7. The Hall–Kier alpha value is -1.93. The van der Waals surface area contributed by atoms with Crippen molar-refractivity contribution in [2.45, 2.75) is 45.4 Å². The molecule has 0 aliphatic heterocycles. The van der Waals surface area contributed by atoms with Gasteiger partial charge in [-0.3, -0.25) is 10.1 Å². The van der Waals surface area contributed by atoms with Crippen molar-refractivity contribution >= 4 is 11.3 Å².